The maximum absolute atomic E-state index is 14.8. The first kappa shape index (κ1) is 35.3. The molecule has 2 aromatic carbocycles. The van der Waals surface area contributed by atoms with Crippen molar-refractivity contribution in [1.29, 1.82) is 0 Å². The molecule has 0 fully saturated rings. The van der Waals surface area contributed by atoms with E-state index in [9.17, 15) is 19.2 Å². The Kier molecular flexibility index (Phi) is 12.8. The first-order chi connectivity index (χ1) is 20.1. The number of amides is 3. The summed E-state index contributed by atoms with van der Waals surface area (Å²) in [5.41, 5.74) is 1.65. The van der Waals surface area contributed by atoms with Gasteiger partial charge in [0, 0.05) is 18.5 Å². The summed E-state index contributed by atoms with van der Waals surface area (Å²) in [6.07, 6.45) is -0.000420. The normalized spacial score (nSPS) is 13.0. The lowest BCUT2D eigenvalue weighted by molar-refractivity contribution is -0.149. The second-order valence-corrected chi connectivity index (χ2v) is 12.3. The minimum absolute atomic E-state index is 0.000995. The predicted molar refractivity (Wildman–Crippen MR) is 167 cm³/mol. The number of hydrogen-bond acceptors (Lipinski definition) is 6. The summed E-state index contributed by atoms with van der Waals surface area (Å²) in [5, 5.41) is 5.67. The summed E-state index contributed by atoms with van der Waals surface area (Å²) in [7, 11) is 0. The van der Waals surface area contributed by atoms with Crippen LogP contribution in [0, 0.1) is 13.8 Å². The monoisotopic (exact) mass is 595 g/mol. The molecular weight excluding hydrogens is 546 g/mol. The van der Waals surface area contributed by atoms with E-state index < -0.39 is 47.1 Å². The van der Waals surface area contributed by atoms with Gasteiger partial charge in [0.1, 0.15) is 17.7 Å². The number of nitrogens with one attached hydrogen (secondary N) is 2. The molecule has 0 aromatic heterocycles. The van der Waals surface area contributed by atoms with Crippen molar-refractivity contribution in [2.45, 2.75) is 105 Å². The summed E-state index contributed by atoms with van der Waals surface area (Å²) in [4.78, 5) is 55.5. The minimum atomic E-state index is -1.04. The maximum atomic E-state index is 14.8. The van der Waals surface area contributed by atoms with E-state index in [-0.39, 0.29) is 26.0 Å². The van der Waals surface area contributed by atoms with Gasteiger partial charge in [-0.2, -0.15) is 0 Å². The number of benzene rings is 2. The molecule has 2 atom stereocenters. The highest BCUT2D eigenvalue weighted by molar-refractivity contribution is 5.93. The van der Waals surface area contributed by atoms with Crippen LogP contribution in [0.4, 0.5) is 4.79 Å². The second-order valence-electron chi connectivity index (χ2n) is 12.3. The van der Waals surface area contributed by atoms with Crippen molar-refractivity contribution in [2.24, 2.45) is 0 Å². The number of rotatable bonds is 13. The van der Waals surface area contributed by atoms with Crippen molar-refractivity contribution < 1.29 is 28.7 Å². The van der Waals surface area contributed by atoms with E-state index in [0.29, 0.717) is 12.0 Å². The fraction of sp³-hybridized carbons (Fsp3) is 0.529. The van der Waals surface area contributed by atoms with Crippen LogP contribution in [0.15, 0.2) is 48.5 Å². The van der Waals surface area contributed by atoms with Gasteiger partial charge in [-0.05, 0) is 84.1 Å². The topological polar surface area (TPSA) is 114 Å². The first-order valence-corrected chi connectivity index (χ1v) is 15.0. The Labute approximate surface area is 256 Å². The Morgan fingerprint density at radius 1 is 0.884 bits per heavy atom. The van der Waals surface area contributed by atoms with Crippen molar-refractivity contribution in [2.75, 3.05) is 13.2 Å². The van der Waals surface area contributed by atoms with Crippen molar-refractivity contribution in [3.05, 3.63) is 70.8 Å². The Hall–Kier alpha value is -3.88. The molecule has 2 rings (SSSR count). The molecule has 0 radical (unpaired) electrons. The highest BCUT2D eigenvalue weighted by atomic mass is 16.6. The highest BCUT2D eigenvalue weighted by Gasteiger charge is 2.44. The van der Waals surface area contributed by atoms with Crippen LogP contribution in [0.3, 0.4) is 0 Å². The van der Waals surface area contributed by atoms with Gasteiger partial charge in [-0.15, -0.1) is 0 Å². The number of ether oxygens (including phenoxy) is 2. The van der Waals surface area contributed by atoms with E-state index >= 15 is 0 Å². The Bertz CT molecular complexity index is 1230. The van der Waals surface area contributed by atoms with Gasteiger partial charge in [0.25, 0.3) is 0 Å². The molecule has 9 heteroatoms. The van der Waals surface area contributed by atoms with Gasteiger partial charge in [0.15, 0.2) is 0 Å². The number of nitrogens with zero attached hydrogens (tertiary/aromatic N) is 1. The number of carbonyl (C=O) groups excluding carboxylic acids is 4. The molecule has 0 bridgehead atoms. The van der Waals surface area contributed by atoms with Crippen LogP contribution in [0.25, 0.3) is 0 Å². The van der Waals surface area contributed by atoms with E-state index in [1.165, 1.54) is 0 Å². The van der Waals surface area contributed by atoms with Crippen LogP contribution in [0.1, 0.15) is 89.6 Å². The molecule has 2 N–H and O–H groups in total. The maximum Gasteiger partial charge on any atom is 0.408 e. The molecular formula is C34H49N3O6. The van der Waals surface area contributed by atoms with E-state index in [1.807, 2.05) is 83.1 Å². The van der Waals surface area contributed by atoms with Gasteiger partial charge < -0.3 is 25.0 Å². The fourth-order valence-corrected chi connectivity index (χ4v) is 4.87. The van der Waals surface area contributed by atoms with Crippen LogP contribution >= 0.6 is 0 Å². The molecule has 9 nitrogen and oxygen atoms in total. The SMILES string of the molecule is CCOC(=O)CCNC(=O)C(c1c(C)cccc1C)N(C(=O)C(Cc1ccccc1)NC(=O)OC(C)(C)C)C(C)(C)CC. The van der Waals surface area contributed by atoms with E-state index in [1.54, 1.807) is 32.6 Å². The molecule has 236 valence electrons. The quantitative estimate of drug-likeness (QED) is 0.293. The second kappa shape index (κ2) is 15.5. The zero-order chi connectivity index (χ0) is 32.4. The lowest BCUT2D eigenvalue weighted by Gasteiger charge is -2.45. The molecule has 0 aliphatic carbocycles. The van der Waals surface area contributed by atoms with Crippen molar-refractivity contribution in [1.82, 2.24) is 15.5 Å². The Morgan fingerprint density at radius 2 is 1.49 bits per heavy atom. The smallest absolute Gasteiger partial charge is 0.408 e. The van der Waals surface area contributed by atoms with Gasteiger partial charge in [-0.3, -0.25) is 14.4 Å². The number of aryl methyl sites for hydroxylation is 2. The number of carbonyl (C=O) groups is 4. The zero-order valence-electron chi connectivity index (χ0n) is 27.2. The lowest BCUT2D eigenvalue weighted by atomic mass is 9.88. The average molecular weight is 596 g/mol. The Morgan fingerprint density at radius 3 is 2.02 bits per heavy atom. The van der Waals surface area contributed by atoms with E-state index in [0.717, 1.165) is 16.7 Å². The van der Waals surface area contributed by atoms with Crippen molar-refractivity contribution in [3.8, 4) is 0 Å². The molecule has 0 aliphatic rings. The summed E-state index contributed by atoms with van der Waals surface area (Å²) in [6, 6.07) is 13.0. The Balaban J connectivity index is 2.66. The van der Waals surface area contributed by atoms with Crippen LogP contribution in [-0.4, -0.2) is 59.1 Å². The molecule has 2 unspecified atom stereocenters. The summed E-state index contributed by atoms with van der Waals surface area (Å²) < 4.78 is 10.5. The average Bonchev–Trinajstić information content (AvgIpc) is 2.91. The zero-order valence-corrected chi connectivity index (χ0v) is 27.2. The molecule has 0 heterocycles. The highest BCUT2D eigenvalue weighted by Crippen LogP contribution is 2.35. The predicted octanol–water partition coefficient (Wildman–Crippen LogP) is 5.57. The minimum Gasteiger partial charge on any atom is -0.466 e. The number of alkyl carbamates (subject to hydrolysis) is 1. The third-order valence-electron chi connectivity index (χ3n) is 7.28. The molecule has 43 heavy (non-hydrogen) atoms. The number of hydrogen-bond donors (Lipinski definition) is 2. The molecule has 0 aliphatic heterocycles. The van der Waals surface area contributed by atoms with Crippen LogP contribution in [0.2, 0.25) is 0 Å². The van der Waals surface area contributed by atoms with Crippen molar-refractivity contribution in [3.63, 3.8) is 0 Å². The number of esters is 1. The van der Waals surface area contributed by atoms with Gasteiger partial charge in [-0.1, -0.05) is 55.5 Å². The van der Waals surface area contributed by atoms with Gasteiger partial charge in [0.05, 0.1) is 13.0 Å². The van der Waals surface area contributed by atoms with Crippen LogP contribution in [-0.2, 0) is 30.3 Å². The first-order valence-electron chi connectivity index (χ1n) is 15.0. The molecule has 0 spiro atoms. The van der Waals surface area contributed by atoms with Crippen LogP contribution in [0.5, 0.6) is 0 Å². The van der Waals surface area contributed by atoms with E-state index in [4.69, 9.17) is 9.47 Å². The third kappa shape index (κ3) is 10.4. The summed E-state index contributed by atoms with van der Waals surface area (Å²) >= 11 is 0. The van der Waals surface area contributed by atoms with E-state index in [2.05, 4.69) is 10.6 Å². The largest absolute Gasteiger partial charge is 0.466 e. The lowest BCUT2D eigenvalue weighted by Crippen LogP contribution is -2.60. The summed E-state index contributed by atoms with van der Waals surface area (Å²) in [6.45, 7) is 16.9. The molecule has 3 amide bonds. The summed E-state index contributed by atoms with van der Waals surface area (Å²) in [5.74, 6) is -1.26. The third-order valence-corrected chi connectivity index (χ3v) is 7.28. The van der Waals surface area contributed by atoms with Gasteiger partial charge >= 0.3 is 12.1 Å². The standard InChI is InChI=1S/C34H49N3O6/c1-10-34(8,9)37(31(40)26(22-25-18-13-12-14-19-25)36-32(41)43-33(5,6)7)29(28-23(3)16-15-17-24(28)4)30(39)35-21-20-27(38)42-11-2/h12-19,26,29H,10-11,20-22H2,1-9H3,(H,35,39)(H,36,41). The fourth-order valence-electron chi connectivity index (χ4n) is 4.87. The van der Waals surface area contributed by atoms with Crippen LogP contribution < -0.4 is 10.6 Å². The van der Waals surface area contributed by atoms with Gasteiger partial charge in [-0.25, -0.2) is 4.79 Å². The van der Waals surface area contributed by atoms with Gasteiger partial charge in [0.2, 0.25) is 11.8 Å². The van der Waals surface area contributed by atoms with Crippen molar-refractivity contribution >= 4 is 23.9 Å². The molecule has 0 saturated heterocycles. The molecule has 0 saturated carbocycles. The molecule has 2 aromatic rings.